The van der Waals surface area contributed by atoms with Crippen LogP contribution in [0.5, 0.6) is 11.6 Å². The van der Waals surface area contributed by atoms with Crippen LogP contribution in [0.25, 0.3) is 11.3 Å². The van der Waals surface area contributed by atoms with E-state index in [1.54, 1.807) is 0 Å². The third-order valence-corrected chi connectivity index (χ3v) is 4.29. The molecule has 0 bridgehead atoms. The van der Waals surface area contributed by atoms with Crippen LogP contribution in [0.4, 0.5) is 0 Å². The Hall–Kier alpha value is -2.59. The third-order valence-electron chi connectivity index (χ3n) is 4.29. The van der Waals surface area contributed by atoms with Gasteiger partial charge in [0, 0.05) is 23.7 Å². The van der Waals surface area contributed by atoms with Gasteiger partial charge in [-0.1, -0.05) is 37.3 Å². The molecule has 0 aliphatic rings. The molecule has 0 saturated carbocycles. The summed E-state index contributed by atoms with van der Waals surface area (Å²) in [5.41, 5.74) is 10.1. The summed E-state index contributed by atoms with van der Waals surface area (Å²) in [4.78, 5) is 0. The van der Waals surface area contributed by atoms with Gasteiger partial charge in [0.05, 0.1) is 5.69 Å². The van der Waals surface area contributed by atoms with Crippen LogP contribution in [0.15, 0.2) is 54.6 Å². The molecule has 4 heteroatoms. The monoisotopic (exact) mass is 349 g/mol. The summed E-state index contributed by atoms with van der Waals surface area (Å²) < 4.78 is 8.05. The van der Waals surface area contributed by atoms with Crippen LogP contribution in [-0.2, 0) is 12.1 Å². The molecule has 3 rings (SSSR count). The van der Waals surface area contributed by atoms with Crippen LogP contribution in [0.3, 0.4) is 0 Å². The molecule has 0 unspecified atom stereocenters. The molecular formula is C22H27N3O. The van der Waals surface area contributed by atoms with E-state index >= 15 is 0 Å². The molecule has 0 fully saturated rings. The van der Waals surface area contributed by atoms with E-state index < -0.39 is 0 Å². The lowest BCUT2D eigenvalue weighted by Crippen LogP contribution is -2.28. The number of benzene rings is 2. The van der Waals surface area contributed by atoms with E-state index in [9.17, 15) is 0 Å². The summed E-state index contributed by atoms with van der Waals surface area (Å²) in [7, 11) is 0. The molecule has 0 radical (unpaired) electrons. The van der Waals surface area contributed by atoms with Gasteiger partial charge in [-0.2, -0.15) is 5.10 Å². The first-order chi connectivity index (χ1) is 12.4. The number of aromatic nitrogens is 2. The average molecular weight is 349 g/mol. The lowest BCUT2D eigenvalue weighted by atomic mass is 9.93. The molecule has 3 aromatic rings. The summed E-state index contributed by atoms with van der Waals surface area (Å²) >= 11 is 0. The van der Waals surface area contributed by atoms with E-state index in [-0.39, 0.29) is 5.54 Å². The predicted octanol–water partition coefficient (Wildman–Crippen LogP) is 5.25. The van der Waals surface area contributed by atoms with Gasteiger partial charge in [0.25, 0.3) is 0 Å². The van der Waals surface area contributed by atoms with Crippen LogP contribution in [0.1, 0.15) is 38.3 Å². The van der Waals surface area contributed by atoms with Gasteiger partial charge in [0.1, 0.15) is 5.75 Å². The van der Waals surface area contributed by atoms with Crippen LogP contribution >= 0.6 is 0 Å². The zero-order valence-electron chi connectivity index (χ0n) is 16.0. The number of nitrogens with zero attached hydrogens (tertiary/aromatic N) is 2. The molecule has 0 atom stereocenters. The largest absolute Gasteiger partial charge is 0.439 e. The average Bonchev–Trinajstić information content (AvgIpc) is 2.97. The molecule has 136 valence electrons. The zero-order chi connectivity index (χ0) is 18.7. The van der Waals surface area contributed by atoms with Gasteiger partial charge in [0.15, 0.2) is 0 Å². The Balaban J connectivity index is 1.97. The topological polar surface area (TPSA) is 53.1 Å². The lowest BCUT2D eigenvalue weighted by molar-refractivity contribution is 0.409. The molecule has 0 aliphatic carbocycles. The van der Waals surface area contributed by atoms with Crippen molar-refractivity contribution in [1.29, 1.82) is 0 Å². The van der Waals surface area contributed by atoms with Gasteiger partial charge < -0.3 is 10.5 Å². The first kappa shape index (κ1) is 18.2. The van der Waals surface area contributed by atoms with Crippen molar-refractivity contribution >= 4 is 0 Å². The Labute approximate surface area is 155 Å². The van der Waals surface area contributed by atoms with Gasteiger partial charge in [0.2, 0.25) is 5.88 Å². The Morgan fingerprint density at radius 1 is 1.08 bits per heavy atom. The summed E-state index contributed by atoms with van der Waals surface area (Å²) in [6, 6.07) is 18.3. The Kier molecular flexibility index (Phi) is 5.14. The maximum atomic E-state index is 6.25. The summed E-state index contributed by atoms with van der Waals surface area (Å²) in [6.45, 7) is 9.02. The van der Waals surface area contributed by atoms with Crippen molar-refractivity contribution in [2.75, 3.05) is 0 Å². The number of rotatable bonds is 6. The Bertz CT molecular complexity index is 890. The van der Waals surface area contributed by atoms with Gasteiger partial charge in [-0.15, -0.1) is 0 Å². The van der Waals surface area contributed by atoms with Crippen LogP contribution < -0.4 is 10.5 Å². The highest BCUT2D eigenvalue weighted by Gasteiger charge is 2.16. The molecular weight excluding hydrogens is 322 g/mol. The normalized spacial score (nSPS) is 11.6. The van der Waals surface area contributed by atoms with Gasteiger partial charge >= 0.3 is 0 Å². The van der Waals surface area contributed by atoms with E-state index in [0.717, 1.165) is 41.4 Å². The second-order valence-electron chi connectivity index (χ2n) is 7.31. The van der Waals surface area contributed by atoms with Crippen molar-refractivity contribution in [3.05, 3.63) is 65.7 Å². The van der Waals surface area contributed by atoms with Gasteiger partial charge in [-0.3, -0.25) is 0 Å². The molecule has 0 saturated heterocycles. The fourth-order valence-electron chi connectivity index (χ4n) is 2.87. The highest BCUT2D eigenvalue weighted by molar-refractivity contribution is 5.62. The van der Waals surface area contributed by atoms with Crippen molar-refractivity contribution in [1.82, 2.24) is 9.78 Å². The number of hydrogen-bond acceptors (Lipinski definition) is 3. The lowest BCUT2D eigenvalue weighted by Gasteiger charge is -2.19. The molecule has 2 aromatic carbocycles. The third kappa shape index (κ3) is 4.14. The van der Waals surface area contributed by atoms with Crippen LogP contribution in [0, 0.1) is 6.92 Å². The molecule has 4 nitrogen and oxygen atoms in total. The first-order valence-electron chi connectivity index (χ1n) is 9.09. The molecule has 2 N–H and O–H groups in total. The summed E-state index contributed by atoms with van der Waals surface area (Å²) in [5, 5.41) is 4.76. The molecule has 1 heterocycles. The maximum Gasteiger partial charge on any atom is 0.218 e. The molecule has 1 aromatic heterocycles. The zero-order valence-corrected chi connectivity index (χ0v) is 16.0. The van der Waals surface area contributed by atoms with Gasteiger partial charge in [-0.25, -0.2) is 4.68 Å². The minimum atomic E-state index is -0.386. The van der Waals surface area contributed by atoms with E-state index in [2.05, 4.69) is 38.1 Å². The van der Waals surface area contributed by atoms with E-state index in [4.69, 9.17) is 15.6 Å². The van der Waals surface area contributed by atoms with Crippen molar-refractivity contribution < 1.29 is 4.74 Å². The van der Waals surface area contributed by atoms with E-state index in [1.165, 1.54) is 5.56 Å². The fraction of sp³-hybridized carbons (Fsp3) is 0.318. The fourth-order valence-corrected chi connectivity index (χ4v) is 2.87. The van der Waals surface area contributed by atoms with Gasteiger partial charge in [-0.05, 0) is 56.5 Å². The first-order valence-corrected chi connectivity index (χ1v) is 9.09. The second-order valence-corrected chi connectivity index (χ2v) is 7.31. The smallest absolute Gasteiger partial charge is 0.218 e. The van der Waals surface area contributed by atoms with Crippen molar-refractivity contribution in [3.63, 3.8) is 0 Å². The van der Waals surface area contributed by atoms with E-state index in [1.807, 2.05) is 48.9 Å². The Morgan fingerprint density at radius 2 is 1.85 bits per heavy atom. The predicted molar refractivity (Wildman–Crippen MR) is 106 cm³/mol. The van der Waals surface area contributed by atoms with Crippen LogP contribution in [0.2, 0.25) is 0 Å². The minimum absolute atomic E-state index is 0.386. The highest BCUT2D eigenvalue weighted by atomic mass is 16.5. The number of ether oxygens (including phenoxy) is 1. The summed E-state index contributed by atoms with van der Waals surface area (Å²) in [6.07, 6.45) is 0.987. The number of hydrogen-bond donors (Lipinski definition) is 1. The quantitative estimate of drug-likeness (QED) is 0.661. The highest BCUT2D eigenvalue weighted by Crippen LogP contribution is 2.30. The molecule has 0 aliphatic heterocycles. The Morgan fingerprint density at radius 3 is 2.54 bits per heavy atom. The standard InChI is InChI=1S/C22H27N3O/c1-5-12-25-21(26-19-11-6-8-16(2)13-19)15-20(24-25)17-9-7-10-18(14-17)22(3,4)23/h6-11,13-15H,5,12,23H2,1-4H3. The van der Waals surface area contributed by atoms with E-state index in [0.29, 0.717) is 0 Å². The van der Waals surface area contributed by atoms with Crippen LogP contribution in [-0.4, -0.2) is 9.78 Å². The van der Waals surface area contributed by atoms with Crippen molar-refractivity contribution in [2.45, 2.75) is 46.2 Å². The van der Waals surface area contributed by atoms with Crippen molar-refractivity contribution in [2.24, 2.45) is 5.73 Å². The molecule has 0 spiro atoms. The minimum Gasteiger partial charge on any atom is -0.439 e. The van der Waals surface area contributed by atoms with Crippen molar-refractivity contribution in [3.8, 4) is 22.9 Å². The number of nitrogens with two attached hydrogens (primary N) is 1. The number of aryl methyl sites for hydroxylation is 2. The molecule has 0 amide bonds. The SMILES string of the molecule is CCCn1nc(-c2cccc(C(C)(C)N)c2)cc1Oc1cccc(C)c1. The maximum absolute atomic E-state index is 6.25. The molecule has 26 heavy (non-hydrogen) atoms. The summed E-state index contributed by atoms with van der Waals surface area (Å²) in [5.74, 6) is 1.58. The second kappa shape index (κ2) is 7.34.